The number of aliphatic carboxylic acids is 1. The molecule has 3 heterocycles. The molecule has 2 saturated heterocycles. The molecule has 1 atom stereocenters. The van der Waals surface area contributed by atoms with Gasteiger partial charge in [0.1, 0.15) is 6.04 Å². The Balaban J connectivity index is 1.16. The first-order valence-corrected chi connectivity index (χ1v) is 13.7. The van der Waals surface area contributed by atoms with Gasteiger partial charge in [0, 0.05) is 36.3 Å². The summed E-state index contributed by atoms with van der Waals surface area (Å²) in [4.78, 5) is 32.6. The van der Waals surface area contributed by atoms with Crippen LogP contribution in [0.1, 0.15) is 42.7 Å². The molecule has 2 fully saturated rings. The molecule has 39 heavy (non-hydrogen) atoms. The summed E-state index contributed by atoms with van der Waals surface area (Å²) in [5.41, 5.74) is 3.33. The monoisotopic (exact) mass is 531 g/mol. The maximum absolute atomic E-state index is 12.9. The number of aromatic nitrogens is 1. The van der Waals surface area contributed by atoms with E-state index >= 15 is 0 Å². The SMILES string of the molecule is COc1ccc(C=CC(=O)N2CCC(C(C(=O)O)N3CCC(c4c[nH]c5ccccc45)CC3)CC2)cc1OC. The van der Waals surface area contributed by atoms with E-state index in [4.69, 9.17) is 9.47 Å². The van der Waals surface area contributed by atoms with Crippen LogP contribution in [0.5, 0.6) is 11.5 Å². The third kappa shape index (κ3) is 5.81. The van der Waals surface area contributed by atoms with Crippen LogP contribution in [0.2, 0.25) is 0 Å². The third-order valence-corrected chi connectivity index (χ3v) is 8.36. The minimum absolute atomic E-state index is 0.0333. The van der Waals surface area contributed by atoms with Gasteiger partial charge in [-0.15, -0.1) is 0 Å². The molecule has 0 aliphatic carbocycles. The van der Waals surface area contributed by atoms with Crippen molar-refractivity contribution in [2.45, 2.75) is 37.6 Å². The molecule has 0 radical (unpaired) electrons. The lowest BCUT2D eigenvalue weighted by Gasteiger charge is -2.41. The van der Waals surface area contributed by atoms with Gasteiger partial charge in [-0.05, 0) is 86.0 Å². The van der Waals surface area contributed by atoms with Crippen molar-refractivity contribution in [3.05, 3.63) is 65.9 Å². The van der Waals surface area contributed by atoms with Gasteiger partial charge in [0.2, 0.25) is 5.91 Å². The predicted octanol–water partition coefficient (Wildman–Crippen LogP) is 4.77. The highest BCUT2D eigenvalue weighted by Gasteiger charge is 2.38. The Morgan fingerprint density at radius 2 is 1.69 bits per heavy atom. The van der Waals surface area contributed by atoms with Crippen LogP contribution in [0.3, 0.4) is 0 Å². The average Bonchev–Trinajstić information content (AvgIpc) is 3.40. The minimum Gasteiger partial charge on any atom is -0.493 e. The van der Waals surface area contributed by atoms with Gasteiger partial charge in [-0.3, -0.25) is 14.5 Å². The van der Waals surface area contributed by atoms with Crippen LogP contribution >= 0.6 is 0 Å². The number of hydrogen-bond acceptors (Lipinski definition) is 5. The summed E-state index contributed by atoms with van der Waals surface area (Å²) in [6.07, 6.45) is 8.74. The summed E-state index contributed by atoms with van der Waals surface area (Å²) in [6.45, 7) is 2.67. The van der Waals surface area contributed by atoms with E-state index < -0.39 is 12.0 Å². The van der Waals surface area contributed by atoms with Crippen molar-refractivity contribution in [3.63, 3.8) is 0 Å². The van der Waals surface area contributed by atoms with E-state index in [1.165, 1.54) is 10.9 Å². The quantitative estimate of drug-likeness (QED) is 0.407. The zero-order valence-corrected chi connectivity index (χ0v) is 22.6. The Bertz CT molecular complexity index is 1330. The number of rotatable bonds is 8. The average molecular weight is 532 g/mol. The van der Waals surface area contributed by atoms with Gasteiger partial charge in [-0.1, -0.05) is 24.3 Å². The fourth-order valence-electron chi connectivity index (χ4n) is 6.24. The zero-order chi connectivity index (χ0) is 27.4. The van der Waals surface area contributed by atoms with Crippen LogP contribution < -0.4 is 9.47 Å². The lowest BCUT2D eigenvalue weighted by molar-refractivity contribution is -0.147. The van der Waals surface area contributed by atoms with Crippen LogP contribution in [0, 0.1) is 5.92 Å². The van der Waals surface area contributed by atoms with Gasteiger partial charge >= 0.3 is 5.97 Å². The molecular formula is C31H37N3O5. The molecule has 3 aromatic rings. The Kier molecular flexibility index (Phi) is 8.21. The van der Waals surface area contributed by atoms with E-state index in [1.807, 2.05) is 29.2 Å². The third-order valence-electron chi connectivity index (χ3n) is 8.36. The van der Waals surface area contributed by atoms with E-state index in [0.717, 1.165) is 37.0 Å². The number of para-hydroxylation sites is 1. The molecule has 206 valence electrons. The Morgan fingerprint density at radius 1 is 0.974 bits per heavy atom. The molecule has 1 unspecified atom stereocenters. The van der Waals surface area contributed by atoms with Crippen molar-refractivity contribution in [1.82, 2.24) is 14.8 Å². The second-order valence-corrected chi connectivity index (χ2v) is 10.5. The Morgan fingerprint density at radius 3 is 2.38 bits per heavy atom. The number of H-pyrrole nitrogens is 1. The molecule has 8 nitrogen and oxygen atoms in total. The molecule has 1 amide bonds. The van der Waals surface area contributed by atoms with Crippen molar-refractivity contribution in [1.29, 1.82) is 0 Å². The standard InChI is InChI=1S/C31H37N3O5/c1-38-27-9-7-21(19-28(27)39-2)8-10-29(35)33-15-13-23(14-16-33)30(31(36)37)34-17-11-22(12-18-34)25-20-32-26-6-4-3-5-24(25)26/h3-10,19-20,22-23,30,32H,11-18H2,1-2H3,(H,36,37). The number of likely N-dealkylation sites (tertiary alicyclic amines) is 2. The van der Waals surface area contributed by atoms with E-state index in [-0.39, 0.29) is 11.8 Å². The summed E-state index contributed by atoms with van der Waals surface area (Å²) in [5, 5.41) is 11.4. The van der Waals surface area contributed by atoms with Crippen LogP contribution in [-0.4, -0.2) is 78.2 Å². The number of hydrogen-bond donors (Lipinski definition) is 2. The Labute approximate surface area is 229 Å². The number of carbonyl (C=O) groups excluding carboxylic acids is 1. The number of benzene rings is 2. The number of fused-ring (bicyclic) bond motifs is 1. The Hall–Kier alpha value is -3.78. The van der Waals surface area contributed by atoms with Gasteiger partial charge in [-0.2, -0.15) is 0 Å². The van der Waals surface area contributed by atoms with Gasteiger partial charge in [0.15, 0.2) is 11.5 Å². The fraction of sp³-hybridized carbons (Fsp3) is 0.419. The fourth-order valence-corrected chi connectivity index (χ4v) is 6.24. The number of aromatic amines is 1. The number of nitrogens with one attached hydrogen (secondary N) is 1. The van der Waals surface area contributed by atoms with Gasteiger partial charge in [0.25, 0.3) is 0 Å². The minimum atomic E-state index is -0.751. The van der Waals surface area contributed by atoms with Gasteiger partial charge < -0.3 is 24.5 Å². The second-order valence-electron chi connectivity index (χ2n) is 10.5. The van der Waals surface area contributed by atoms with Crippen LogP contribution in [0.25, 0.3) is 17.0 Å². The highest BCUT2D eigenvalue weighted by Crippen LogP contribution is 2.35. The van der Waals surface area contributed by atoms with Crippen LogP contribution in [0.15, 0.2) is 54.7 Å². The highest BCUT2D eigenvalue weighted by molar-refractivity contribution is 5.92. The van der Waals surface area contributed by atoms with Crippen molar-refractivity contribution < 1.29 is 24.2 Å². The molecule has 2 aromatic carbocycles. The number of ether oxygens (including phenoxy) is 2. The maximum Gasteiger partial charge on any atom is 0.321 e. The van der Waals surface area contributed by atoms with E-state index in [0.29, 0.717) is 43.3 Å². The van der Waals surface area contributed by atoms with Gasteiger partial charge in [0.05, 0.1) is 14.2 Å². The van der Waals surface area contributed by atoms with E-state index in [1.54, 1.807) is 26.4 Å². The molecule has 1 aromatic heterocycles. The topological polar surface area (TPSA) is 95.1 Å². The molecule has 5 rings (SSSR count). The smallest absolute Gasteiger partial charge is 0.321 e. The molecule has 2 aliphatic heterocycles. The molecule has 8 heteroatoms. The summed E-state index contributed by atoms with van der Waals surface area (Å²) >= 11 is 0. The predicted molar refractivity (Wildman–Crippen MR) is 151 cm³/mol. The summed E-state index contributed by atoms with van der Waals surface area (Å²) in [6, 6.07) is 13.4. The van der Waals surface area contributed by atoms with E-state index in [2.05, 4.69) is 34.3 Å². The first kappa shape index (κ1) is 26.8. The summed E-state index contributed by atoms with van der Waals surface area (Å²) in [7, 11) is 3.17. The van der Waals surface area contributed by atoms with Crippen molar-refractivity contribution in [2.75, 3.05) is 40.4 Å². The molecule has 2 N–H and O–H groups in total. The lowest BCUT2D eigenvalue weighted by atomic mass is 9.84. The number of piperidine rings is 2. The molecule has 0 bridgehead atoms. The molecule has 2 aliphatic rings. The highest BCUT2D eigenvalue weighted by atomic mass is 16.5. The van der Waals surface area contributed by atoms with Crippen molar-refractivity contribution in [2.24, 2.45) is 5.92 Å². The molecule has 0 spiro atoms. The maximum atomic E-state index is 12.9. The summed E-state index contributed by atoms with van der Waals surface area (Å²) in [5.74, 6) is 0.902. The van der Waals surface area contributed by atoms with Gasteiger partial charge in [-0.25, -0.2) is 0 Å². The van der Waals surface area contributed by atoms with Crippen molar-refractivity contribution in [3.8, 4) is 11.5 Å². The summed E-state index contributed by atoms with van der Waals surface area (Å²) < 4.78 is 10.6. The largest absolute Gasteiger partial charge is 0.493 e. The number of carboxylic acid groups (broad SMARTS) is 1. The first-order chi connectivity index (χ1) is 19.0. The second kappa shape index (κ2) is 11.9. The first-order valence-electron chi connectivity index (χ1n) is 13.7. The molecule has 0 saturated carbocycles. The van der Waals surface area contributed by atoms with Crippen LogP contribution in [-0.2, 0) is 9.59 Å². The van der Waals surface area contributed by atoms with E-state index in [9.17, 15) is 14.7 Å². The number of methoxy groups -OCH3 is 2. The lowest BCUT2D eigenvalue weighted by Crippen LogP contribution is -2.52. The number of carboxylic acids is 1. The zero-order valence-electron chi connectivity index (χ0n) is 22.6. The number of nitrogens with zero attached hydrogens (tertiary/aromatic N) is 2. The van der Waals surface area contributed by atoms with Crippen molar-refractivity contribution >= 4 is 28.9 Å². The molecular weight excluding hydrogens is 494 g/mol. The number of amides is 1. The van der Waals surface area contributed by atoms with Crippen LogP contribution in [0.4, 0.5) is 0 Å². The normalized spacial score (nSPS) is 18.5. The number of carbonyl (C=O) groups is 2.